The lowest BCUT2D eigenvalue weighted by atomic mass is 9.85. The summed E-state index contributed by atoms with van der Waals surface area (Å²) in [6.07, 6.45) is 8.09. The van der Waals surface area contributed by atoms with Crippen LogP contribution in [0.5, 0.6) is 0 Å². The second-order valence-electron chi connectivity index (χ2n) is 5.06. The molecule has 0 saturated carbocycles. The third-order valence-corrected chi connectivity index (χ3v) is 3.38. The van der Waals surface area contributed by atoms with Gasteiger partial charge in [-0.25, -0.2) is 0 Å². The van der Waals surface area contributed by atoms with Crippen LogP contribution in [0.1, 0.15) is 53.9 Å². The Kier molecular flexibility index (Phi) is 7.46. The van der Waals surface area contributed by atoms with E-state index < -0.39 is 0 Å². The molecule has 0 aromatic heterocycles. The van der Waals surface area contributed by atoms with Crippen molar-refractivity contribution in [2.24, 2.45) is 17.8 Å². The van der Waals surface area contributed by atoms with Crippen molar-refractivity contribution in [1.82, 2.24) is 0 Å². The van der Waals surface area contributed by atoms with E-state index in [0.29, 0.717) is 5.92 Å². The van der Waals surface area contributed by atoms with Crippen LogP contribution < -0.4 is 0 Å². The zero-order chi connectivity index (χ0) is 11.8. The van der Waals surface area contributed by atoms with Crippen molar-refractivity contribution in [1.29, 1.82) is 0 Å². The summed E-state index contributed by atoms with van der Waals surface area (Å²) in [4.78, 5) is 0. The van der Waals surface area contributed by atoms with Gasteiger partial charge in [-0.15, -0.1) is 6.58 Å². The fourth-order valence-corrected chi connectivity index (χ4v) is 1.99. The molecular formula is C15H28. The highest BCUT2D eigenvalue weighted by Crippen LogP contribution is 2.24. The molecule has 0 fully saturated rings. The van der Waals surface area contributed by atoms with E-state index in [1.165, 1.54) is 18.4 Å². The van der Waals surface area contributed by atoms with Gasteiger partial charge in [0, 0.05) is 0 Å². The summed E-state index contributed by atoms with van der Waals surface area (Å²) in [5.74, 6) is 2.27. The van der Waals surface area contributed by atoms with Gasteiger partial charge in [-0.2, -0.15) is 0 Å². The molecule has 0 radical (unpaired) electrons. The molecule has 0 spiro atoms. The minimum atomic E-state index is 0.715. The maximum Gasteiger partial charge on any atom is -0.0257 e. The smallest absolute Gasteiger partial charge is 0.0257 e. The van der Waals surface area contributed by atoms with Crippen LogP contribution in [0.3, 0.4) is 0 Å². The first-order valence-electron chi connectivity index (χ1n) is 6.29. The highest BCUT2D eigenvalue weighted by atomic mass is 14.2. The molecule has 15 heavy (non-hydrogen) atoms. The molecule has 0 aliphatic carbocycles. The van der Waals surface area contributed by atoms with Gasteiger partial charge in [0.25, 0.3) is 0 Å². The molecule has 0 nitrogen and oxygen atoms in total. The summed E-state index contributed by atoms with van der Waals surface area (Å²) < 4.78 is 0. The molecule has 0 aromatic rings. The average Bonchev–Trinajstić information content (AvgIpc) is 2.17. The lowest BCUT2D eigenvalue weighted by Crippen LogP contribution is -2.10. The third-order valence-electron chi connectivity index (χ3n) is 3.38. The lowest BCUT2D eigenvalue weighted by Gasteiger charge is -2.21. The Hall–Kier alpha value is -0.520. The molecule has 0 aliphatic rings. The van der Waals surface area contributed by atoms with E-state index in [-0.39, 0.29) is 0 Å². The van der Waals surface area contributed by atoms with Gasteiger partial charge in [-0.05, 0) is 43.9 Å². The monoisotopic (exact) mass is 208 g/mol. The maximum atomic E-state index is 3.81. The standard InChI is InChI=1S/C15H28/c1-7-9-14(5)15(6)11-13(4)10-12(3)8-2/h7,10,13-15H,1,8-9,11H2,2-6H3. The molecular weight excluding hydrogens is 180 g/mol. The minimum absolute atomic E-state index is 0.715. The molecule has 0 heterocycles. The molecule has 0 rings (SSSR count). The summed E-state index contributed by atoms with van der Waals surface area (Å²) in [5.41, 5.74) is 1.52. The highest BCUT2D eigenvalue weighted by molar-refractivity contribution is 4.99. The Balaban J connectivity index is 4.05. The van der Waals surface area contributed by atoms with Crippen molar-refractivity contribution in [2.45, 2.75) is 53.9 Å². The Morgan fingerprint density at radius 2 is 1.80 bits per heavy atom. The molecule has 3 unspecified atom stereocenters. The topological polar surface area (TPSA) is 0 Å². The van der Waals surface area contributed by atoms with Crippen LogP contribution in [0, 0.1) is 17.8 Å². The summed E-state index contributed by atoms with van der Waals surface area (Å²) in [7, 11) is 0. The molecule has 3 atom stereocenters. The number of allylic oxidation sites excluding steroid dienone is 3. The van der Waals surface area contributed by atoms with Gasteiger partial charge >= 0.3 is 0 Å². The highest BCUT2D eigenvalue weighted by Gasteiger charge is 2.13. The first kappa shape index (κ1) is 14.5. The Labute approximate surface area is 96.5 Å². The number of hydrogen-bond donors (Lipinski definition) is 0. The molecule has 0 N–H and O–H groups in total. The van der Waals surface area contributed by atoms with Gasteiger partial charge in [0.2, 0.25) is 0 Å². The van der Waals surface area contributed by atoms with Crippen molar-refractivity contribution in [3.8, 4) is 0 Å². The molecule has 0 amide bonds. The zero-order valence-electron chi connectivity index (χ0n) is 11.2. The van der Waals surface area contributed by atoms with Crippen molar-refractivity contribution >= 4 is 0 Å². The van der Waals surface area contributed by atoms with Crippen LogP contribution in [0.4, 0.5) is 0 Å². The normalized spacial score (nSPS) is 18.3. The van der Waals surface area contributed by atoms with E-state index in [4.69, 9.17) is 0 Å². The minimum Gasteiger partial charge on any atom is -0.103 e. The van der Waals surface area contributed by atoms with Crippen LogP contribution >= 0.6 is 0 Å². The Bertz CT molecular complexity index is 200. The summed E-state index contributed by atoms with van der Waals surface area (Å²) in [6, 6.07) is 0. The quantitative estimate of drug-likeness (QED) is 0.503. The van der Waals surface area contributed by atoms with Crippen LogP contribution in [0.25, 0.3) is 0 Å². The summed E-state index contributed by atoms with van der Waals surface area (Å²) in [6.45, 7) is 15.3. The van der Waals surface area contributed by atoms with Gasteiger partial charge in [0.05, 0.1) is 0 Å². The molecule has 0 heteroatoms. The molecule has 0 saturated heterocycles. The van der Waals surface area contributed by atoms with Crippen molar-refractivity contribution < 1.29 is 0 Å². The lowest BCUT2D eigenvalue weighted by molar-refractivity contribution is 0.338. The predicted octanol–water partition coefficient (Wildman–Crippen LogP) is 5.22. The average molecular weight is 208 g/mol. The number of rotatable bonds is 7. The molecule has 0 aromatic carbocycles. The summed E-state index contributed by atoms with van der Waals surface area (Å²) >= 11 is 0. The molecule has 88 valence electrons. The molecule has 0 bridgehead atoms. The fourth-order valence-electron chi connectivity index (χ4n) is 1.99. The van der Waals surface area contributed by atoms with E-state index in [9.17, 15) is 0 Å². The molecule has 0 aliphatic heterocycles. The van der Waals surface area contributed by atoms with E-state index in [1.54, 1.807) is 0 Å². The van der Waals surface area contributed by atoms with E-state index >= 15 is 0 Å². The Morgan fingerprint density at radius 1 is 1.20 bits per heavy atom. The van der Waals surface area contributed by atoms with Crippen LogP contribution in [0.2, 0.25) is 0 Å². The third kappa shape index (κ3) is 6.54. The van der Waals surface area contributed by atoms with Crippen molar-refractivity contribution in [3.63, 3.8) is 0 Å². The second-order valence-corrected chi connectivity index (χ2v) is 5.06. The first-order chi connectivity index (χ1) is 7.01. The van der Waals surface area contributed by atoms with Crippen molar-refractivity contribution in [3.05, 3.63) is 24.3 Å². The SMILES string of the molecule is C=CCC(C)C(C)CC(C)C=C(C)CC. The van der Waals surface area contributed by atoms with Gasteiger partial charge in [0.15, 0.2) is 0 Å². The fraction of sp³-hybridized carbons (Fsp3) is 0.733. The number of hydrogen-bond acceptors (Lipinski definition) is 0. The maximum absolute atomic E-state index is 3.81. The Morgan fingerprint density at radius 3 is 2.27 bits per heavy atom. The van der Waals surface area contributed by atoms with Crippen LogP contribution in [-0.2, 0) is 0 Å². The summed E-state index contributed by atoms with van der Waals surface area (Å²) in [5, 5.41) is 0. The van der Waals surface area contributed by atoms with Gasteiger partial charge in [0.1, 0.15) is 0 Å². The van der Waals surface area contributed by atoms with Gasteiger partial charge in [-0.1, -0.05) is 45.4 Å². The zero-order valence-corrected chi connectivity index (χ0v) is 11.2. The van der Waals surface area contributed by atoms with Crippen molar-refractivity contribution in [2.75, 3.05) is 0 Å². The van der Waals surface area contributed by atoms with Gasteiger partial charge in [-0.3, -0.25) is 0 Å². The van der Waals surface area contributed by atoms with E-state index in [0.717, 1.165) is 18.3 Å². The predicted molar refractivity (Wildman–Crippen MR) is 71.0 cm³/mol. The van der Waals surface area contributed by atoms with E-state index in [1.807, 2.05) is 6.08 Å². The van der Waals surface area contributed by atoms with Crippen LogP contribution in [-0.4, -0.2) is 0 Å². The van der Waals surface area contributed by atoms with Crippen LogP contribution in [0.15, 0.2) is 24.3 Å². The largest absolute Gasteiger partial charge is 0.103 e. The first-order valence-corrected chi connectivity index (χ1v) is 6.29. The second kappa shape index (κ2) is 7.73. The van der Waals surface area contributed by atoms with Gasteiger partial charge < -0.3 is 0 Å². The van der Waals surface area contributed by atoms with E-state index in [2.05, 4.69) is 47.3 Å².